The van der Waals surface area contributed by atoms with Crippen LogP contribution in [0.25, 0.3) is 6.08 Å². The number of rotatable bonds is 7. The van der Waals surface area contributed by atoms with E-state index in [0.29, 0.717) is 41.6 Å². The van der Waals surface area contributed by atoms with Gasteiger partial charge in [-0.15, -0.1) is 0 Å². The lowest BCUT2D eigenvalue weighted by molar-refractivity contribution is -0.121. The Bertz CT molecular complexity index is 1210. The highest BCUT2D eigenvalue weighted by atomic mass is 35.5. The number of anilines is 3. The first kappa shape index (κ1) is 24.5. The summed E-state index contributed by atoms with van der Waals surface area (Å²) in [5.74, 6) is -0.484. The Balaban J connectivity index is 1.47. The van der Waals surface area contributed by atoms with Gasteiger partial charge in [0.05, 0.1) is 17.5 Å². The lowest BCUT2D eigenvalue weighted by Gasteiger charge is -2.27. The van der Waals surface area contributed by atoms with Crippen molar-refractivity contribution in [3.8, 4) is 0 Å². The van der Waals surface area contributed by atoms with Gasteiger partial charge in [0, 0.05) is 29.9 Å². The number of hydrogen-bond acceptors (Lipinski definition) is 5. The molecule has 35 heavy (non-hydrogen) atoms. The van der Waals surface area contributed by atoms with Gasteiger partial charge in [-0.3, -0.25) is 14.5 Å². The van der Waals surface area contributed by atoms with Crippen LogP contribution in [0.4, 0.5) is 17.1 Å². The summed E-state index contributed by atoms with van der Waals surface area (Å²) < 4.78 is 0. The van der Waals surface area contributed by atoms with Crippen LogP contribution < -0.4 is 16.4 Å². The fourth-order valence-corrected chi connectivity index (χ4v) is 4.15. The molecular weight excluding hydrogens is 464 g/mol. The summed E-state index contributed by atoms with van der Waals surface area (Å²) in [7, 11) is 0. The minimum absolute atomic E-state index is 0.190. The van der Waals surface area contributed by atoms with E-state index < -0.39 is 12.1 Å². The Kier molecular flexibility index (Phi) is 7.82. The van der Waals surface area contributed by atoms with Gasteiger partial charge < -0.3 is 21.5 Å². The molecule has 0 saturated carbocycles. The lowest BCUT2D eigenvalue weighted by atomic mass is 10.0. The summed E-state index contributed by atoms with van der Waals surface area (Å²) in [6.45, 7) is 1.04. The molecule has 0 aromatic heterocycles. The van der Waals surface area contributed by atoms with Crippen LogP contribution in [0.15, 0.2) is 78.9 Å². The smallest absolute Gasteiger partial charge is 0.248 e. The number of carbonyl (C=O) groups is 2. The van der Waals surface area contributed by atoms with Crippen molar-refractivity contribution in [2.45, 2.75) is 18.6 Å². The number of nitrogens with zero attached hydrogens (tertiary/aromatic N) is 1. The molecule has 1 saturated heterocycles. The van der Waals surface area contributed by atoms with Crippen LogP contribution in [0.1, 0.15) is 23.6 Å². The predicted octanol–water partition coefficient (Wildman–Crippen LogP) is 4.32. The largest absolute Gasteiger partial charge is 0.397 e. The van der Waals surface area contributed by atoms with Crippen molar-refractivity contribution < 1.29 is 14.7 Å². The van der Waals surface area contributed by atoms with E-state index in [2.05, 4.69) is 10.6 Å². The molecule has 1 unspecified atom stereocenters. The predicted molar refractivity (Wildman–Crippen MR) is 140 cm³/mol. The minimum atomic E-state index is -0.565. The zero-order valence-electron chi connectivity index (χ0n) is 19.0. The molecule has 1 aliphatic heterocycles. The molecule has 180 valence electrons. The molecular formula is C27H27ClN4O3. The fraction of sp³-hybridized carbons (Fsp3) is 0.185. The third-order valence-corrected chi connectivity index (χ3v) is 6.07. The SMILES string of the molecule is Nc1ccccc1NC(=O)/C=C/c1ccc(C(C(=O)Nc2ccc(Cl)cc2)N2CC[C@H](O)C2)cc1. The van der Waals surface area contributed by atoms with Gasteiger partial charge in [-0.1, -0.05) is 48.0 Å². The molecule has 3 aromatic rings. The number of benzene rings is 3. The molecule has 7 nitrogen and oxygen atoms in total. The Hall–Kier alpha value is -3.65. The number of β-amino-alcohol motifs (C(OH)–C–C–N with tert-alkyl or cyclic N) is 1. The Morgan fingerprint density at radius 3 is 2.40 bits per heavy atom. The highest BCUT2D eigenvalue weighted by molar-refractivity contribution is 6.30. The Labute approximate surface area is 209 Å². The number of para-hydroxylation sites is 2. The number of hydrogen-bond donors (Lipinski definition) is 4. The number of aliphatic hydroxyl groups excluding tert-OH is 1. The normalized spacial score (nSPS) is 16.8. The summed E-state index contributed by atoms with van der Waals surface area (Å²) in [6, 6.07) is 20.9. The van der Waals surface area contributed by atoms with Gasteiger partial charge in [0.25, 0.3) is 0 Å². The van der Waals surface area contributed by atoms with Gasteiger partial charge in [0.15, 0.2) is 0 Å². The van der Waals surface area contributed by atoms with Gasteiger partial charge in [0.1, 0.15) is 6.04 Å². The van der Waals surface area contributed by atoms with Gasteiger partial charge in [-0.2, -0.15) is 0 Å². The van der Waals surface area contributed by atoms with Crippen molar-refractivity contribution in [1.29, 1.82) is 0 Å². The minimum Gasteiger partial charge on any atom is -0.397 e. The Morgan fingerprint density at radius 1 is 1.03 bits per heavy atom. The maximum absolute atomic E-state index is 13.2. The number of nitrogen functional groups attached to an aromatic ring is 1. The van der Waals surface area contributed by atoms with Crippen LogP contribution in [0, 0.1) is 0 Å². The van der Waals surface area contributed by atoms with Crippen molar-refractivity contribution in [2.24, 2.45) is 0 Å². The zero-order chi connectivity index (χ0) is 24.8. The average Bonchev–Trinajstić information content (AvgIpc) is 3.27. The lowest BCUT2D eigenvalue weighted by Crippen LogP contribution is -2.36. The molecule has 8 heteroatoms. The molecule has 3 aromatic carbocycles. The number of halogens is 1. The second kappa shape index (κ2) is 11.2. The Morgan fingerprint density at radius 2 is 1.74 bits per heavy atom. The van der Waals surface area contributed by atoms with Crippen LogP contribution >= 0.6 is 11.6 Å². The maximum atomic E-state index is 13.2. The van der Waals surface area contributed by atoms with Crippen molar-refractivity contribution in [3.63, 3.8) is 0 Å². The monoisotopic (exact) mass is 490 g/mol. The highest BCUT2D eigenvalue weighted by Crippen LogP contribution is 2.28. The van der Waals surface area contributed by atoms with Gasteiger partial charge in [-0.25, -0.2) is 0 Å². The van der Waals surface area contributed by atoms with Crippen molar-refractivity contribution in [2.75, 3.05) is 29.5 Å². The summed E-state index contributed by atoms with van der Waals surface area (Å²) in [5.41, 5.74) is 9.16. The molecule has 1 aliphatic rings. The number of nitrogens with one attached hydrogen (secondary N) is 2. The summed E-state index contributed by atoms with van der Waals surface area (Å²) >= 11 is 5.95. The number of nitrogens with two attached hydrogens (primary N) is 1. The quantitative estimate of drug-likeness (QED) is 0.291. The second-order valence-corrected chi connectivity index (χ2v) is 8.85. The van der Waals surface area contributed by atoms with Crippen molar-refractivity contribution in [3.05, 3.63) is 95.0 Å². The first-order chi connectivity index (χ1) is 16.9. The fourth-order valence-electron chi connectivity index (χ4n) is 4.02. The molecule has 0 aliphatic carbocycles. The molecule has 0 radical (unpaired) electrons. The van der Waals surface area contributed by atoms with Gasteiger partial charge in [0.2, 0.25) is 11.8 Å². The third-order valence-electron chi connectivity index (χ3n) is 5.82. The van der Waals surface area contributed by atoms with Crippen molar-refractivity contribution >= 4 is 46.6 Å². The first-order valence-corrected chi connectivity index (χ1v) is 11.7. The van der Waals surface area contributed by atoms with E-state index in [4.69, 9.17) is 17.3 Å². The molecule has 4 rings (SSSR count). The van der Waals surface area contributed by atoms with E-state index in [9.17, 15) is 14.7 Å². The van der Waals surface area contributed by atoms with Crippen LogP contribution in [-0.2, 0) is 9.59 Å². The standard InChI is InChI=1S/C27H27ClN4O3/c28-20-10-12-21(13-11-20)30-27(35)26(32-16-15-22(33)17-32)19-8-5-18(6-9-19)7-14-25(34)31-24-4-2-1-3-23(24)29/h1-14,22,26,33H,15-17,29H2,(H,30,35)(H,31,34)/b14-7+/t22-,26?/m0/s1. The summed E-state index contributed by atoms with van der Waals surface area (Å²) in [6.07, 6.45) is 3.29. The number of carbonyl (C=O) groups excluding carboxylic acids is 2. The molecule has 0 bridgehead atoms. The second-order valence-electron chi connectivity index (χ2n) is 8.41. The topological polar surface area (TPSA) is 108 Å². The zero-order valence-corrected chi connectivity index (χ0v) is 19.8. The first-order valence-electron chi connectivity index (χ1n) is 11.3. The highest BCUT2D eigenvalue weighted by Gasteiger charge is 2.33. The maximum Gasteiger partial charge on any atom is 0.248 e. The van der Waals surface area contributed by atoms with Crippen LogP contribution in [0.5, 0.6) is 0 Å². The van der Waals surface area contributed by atoms with Crippen molar-refractivity contribution in [1.82, 2.24) is 4.90 Å². The van der Waals surface area contributed by atoms with E-state index in [1.807, 2.05) is 29.2 Å². The molecule has 0 spiro atoms. The average molecular weight is 491 g/mol. The summed E-state index contributed by atoms with van der Waals surface area (Å²) in [4.78, 5) is 27.5. The molecule has 1 fully saturated rings. The third kappa shape index (κ3) is 6.48. The van der Waals surface area contributed by atoms with E-state index in [1.165, 1.54) is 6.08 Å². The molecule has 2 atom stereocenters. The van der Waals surface area contributed by atoms with E-state index in [0.717, 1.165) is 11.1 Å². The molecule has 5 N–H and O–H groups in total. The van der Waals surface area contributed by atoms with E-state index in [-0.39, 0.29) is 11.8 Å². The summed E-state index contributed by atoms with van der Waals surface area (Å²) in [5, 5.41) is 16.3. The van der Waals surface area contributed by atoms with Gasteiger partial charge in [-0.05, 0) is 60.0 Å². The van der Waals surface area contributed by atoms with E-state index in [1.54, 1.807) is 54.6 Å². The van der Waals surface area contributed by atoms with E-state index >= 15 is 0 Å². The van der Waals surface area contributed by atoms with Gasteiger partial charge >= 0.3 is 0 Å². The van der Waals surface area contributed by atoms with Crippen LogP contribution in [-0.4, -0.2) is 41.0 Å². The molecule has 2 amide bonds. The van der Waals surface area contributed by atoms with Crippen LogP contribution in [0.2, 0.25) is 5.02 Å². The number of aliphatic hydroxyl groups is 1. The van der Waals surface area contributed by atoms with Crippen LogP contribution in [0.3, 0.4) is 0 Å². The number of amides is 2. The molecule has 1 heterocycles. The number of likely N-dealkylation sites (tertiary alicyclic amines) is 1.